The Morgan fingerprint density at radius 1 is 0.920 bits per heavy atom. The first-order valence-electron chi connectivity index (χ1n) is 6.98. The summed E-state index contributed by atoms with van der Waals surface area (Å²) in [4.78, 5) is 56.9. The smallest absolute Gasteiger partial charge is 0.322 e. The van der Waals surface area contributed by atoms with E-state index in [1.54, 1.807) is 0 Å². The van der Waals surface area contributed by atoms with E-state index < -0.39 is 60.7 Å². The molecule has 0 fully saturated rings. The Hall–Kier alpha value is -1.99. The lowest BCUT2D eigenvalue weighted by Gasteiger charge is -2.22. The highest BCUT2D eigenvalue weighted by atomic mass is 32.1. The Balaban J connectivity index is 4.74. The van der Waals surface area contributed by atoms with Crippen molar-refractivity contribution in [1.82, 2.24) is 16.0 Å². The molecule has 142 valence electrons. The zero-order valence-electron chi connectivity index (χ0n) is 13.1. The highest BCUT2D eigenvalue weighted by Gasteiger charge is 2.27. The van der Waals surface area contributed by atoms with E-state index in [0.29, 0.717) is 0 Å². The molecule has 0 aliphatic rings. The molecule has 0 spiro atoms. The van der Waals surface area contributed by atoms with Gasteiger partial charge in [0.1, 0.15) is 18.6 Å². The number of thiol groups is 2. The molecule has 0 aliphatic heterocycles. The molecule has 8 N–H and O–H groups in total. The molecule has 11 nitrogen and oxygen atoms in total. The Bertz CT molecular complexity index is 532. The number of nitrogens with two attached hydrogens (primary N) is 2. The minimum Gasteiger partial charge on any atom is -0.480 e. The van der Waals surface area contributed by atoms with Crippen molar-refractivity contribution in [2.75, 3.05) is 18.1 Å². The zero-order chi connectivity index (χ0) is 19.6. The van der Waals surface area contributed by atoms with Gasteiger partial charge in [0.05, 0.1) is 12.5 Å². The van der Waals surface area contributed by atoms with E-state index in [1.165, 1.54) is 0 Å². The van der Waals surface area contributed by atoms with Crippen molar-refractivity contribution in [2.24, 2.45) is 11.5 Å². The van der Waals surface area contributed by atoms with Gasteiger partial charge in [-0.2, -0.15) is 25.3 Å². The first kappa shape index (κ1) is 23.0. The molecular weight excluding hydrogens is 374 g/mol. The van der Waals surface area contributed by atoms with Crippen LogP contribution in [0.2, 0.25) is 0 Å². The molecule has 0 aromatic carbocycles. The van der Waals surface area contributed by atoms with Crippen molar-refractivity contribution in [3.63, 3.8) is 0 Å². The van der Waals surface area contributed by atoms with Crippen LogP contribution in [-0.4, -0.2) is 70.9 Å². The van der Waals surface area contributed by atoms with Gasteiger partial charge in [-0.3, -0.25) is 24.0 Å². The second-order valence-corrected chi connectivity index (χ2v) is 5.61. The van der Waals surface area contributed by atoms with Crippen LogP contribution in [0.1, 0.15) is 6.42 Å². The first-order valence-corrected chi connectivity index (χ1v) is 8.24. The largest absolute Gasteiger partial charge is 0.480 e. The number of carbonyl (C=O) groups excluding carboxylic acids is 4. The molecule has 3 unspecified atom stereocenters. The summed E-state index contributed by atoms with van der Waals surface area (Å²) in [6.07, 6.45) is -0.399. The molecular formula is C12H21N5O6S2. The standard InChI is InChI=1S/C12H21N5O6S2/c13-5(1-8(14)18)10(21)16-7(4-25)12(23)17-6(3-24)11(22)15-2-9(19)20/h5-7,24-25H,1-4,13H2,(H2,14,18)(H,15,22)(H,16,21)(H,17,23)(H,19,20). The van der Waals surface area contributed by atoms with E-state index in [4.69, 9.17) is 16.6 Å². The molecule has 0 radical (unpaired) electrons. The number of carboxylic acid groups (broad SMARTS) is 1. The lowest BCUT2D eigenvalue weighted by Crippen LogP contribution is -2.57. The molecule has 0 heterocycles. The number of carboxylic acids is 1. The maximum absolute atomic E-state index is 12.1. The zero-order valence-corrected chi connectivity index (χ0v) is 14.9. The maximum Gasteiger partial charge on any atom is 0.322 e. The minimum absolute atomic E-state index is 0.106. The fourth-order valence-electron chi connectivity index (χ4n) is 1.53. The van der Waals surface area contributed by atoms with E-state index in [2.05, 4.69) is 41.2 Å². The van der Waals surface area contributed by atoms with Gasteiger partial charge in [0.2, 0.25) is 23.6 Å². The second-order valence-electron chi connectivity index (χ2n) is 4.88. The Kier molecular flexibility index (Phi) is 10.6. The van der Waals surface area contributed by atoms with Crippen LogP contribution < -0.4 is 27.4 Å². The lowest BCUT2D eigenvalue weighted by atomic mass is 10.1. The molecule has 0 saturated carbocycles. The van der Waals surface area contributed by atoms with Crippen molar-refractivity contribution in [3.05, 3.63) is 0 Å². The van der Waals surface area contributed by atoms with Crippen LogP contribution in [-0.2, 0) is 24.0 Å². The molecule has 13 heteroatoms. The third-order valence-electron chi connectivity index (χ3n) is 2.80. The molecule has 0 bridgehead atoms. The summed E-state index contributed by atoms with van der Waals surface area (Å²) in [6.45, 7) is -0.617. The quantitative estimate of drug-likeness (QED) is 0.164. The van der Waals surface area contributed by atoms with E-state index in [9.17, 15) is 24.0 Å². The van der Waals surface area contributed by atoms with Gasteiger partial charge in [-0.15, -0.1) is 0 Å². The van der Waals surface area contributed by atoms with Crippen molar-refractivity contribution in [1.29, 1.82) is 0 Å². The van der Waals surface area contributed by atoms with Crippen molar-refractivity contribution in [3.8, 4) is 0 Å². The van der Waals surface area contributed by atoms with Crippen LogP contribution in [0.25, 0.3) is 0 Å². The highest BCUT2D eigenvalue weighted by Crippen LogP contribution is 1.96. The number of hydrogen-bond acceptors (Lipinski definition) is 8. The average molecular weight is 395 g/mol. The van der Waals surface area contributed by atoms with Gasteiger partial charge in [-0.25, -0.2) is 0 Å². The number of amides is 4. The summed E-state index contributed by atoms with van der Waals surface area (Å²) in [6, 6.07) is -3.48. The summed E-state index contributed by atoms with van der Waals surface area (Å²) in [5, 5.41) is 15.2. The number of hydrogen-bond donors (Lipinski definition) is 8. The average Bonchev–Trinajstić information content (AvgIpc) is 2.53. The van der Waals surface area contributed by atoms with Gasteiger partial charge in [0.15, 0.2) is 0 Å². The number of aliphatic carboxylic acids is 1. The van der Waals surface area contributed by atoms with Crippen LogP contribution in [0, 0.1) is 0 Å². The predicted octanol–water partition coefficient (Wildman–Crippen LogP) is -3.78. The van der Waals surface area contributed by atoms with Gasteiger partial charge in [-0.05, 0) is 0 Å². The summed E-state index contributed by atoms with van der Waals surface area (Å²) in [5.74, 6) is -4.53. The van der Waals surface area contributed by atoms with Gasteiger partial charge < -0.3 is 32.5 Å². The van der Waals surface area contributed by atoms with E-state index >= 15 is 0 Å². The van der Waals surface area contributed by atoms with Crippen molar-refractivity contribution in [2.45, 2.75) is 24.5 Å². The van der Waals surface area contributed by atoms with Crippen LogP contribution in [0.5, 0.6) is 0 Å². The van der Waals surface area contributed by atoms with Gasteiger partial charge in [-0.1, -0.05) is 0 Å². The molecule has 0 saturated heterocycles. The summed E-state index contributed by atoms with van der Waals surface area (Å²) in [5.41, 5.74) is 10.4. The normalized spacial score (nSPS) is 13.9. The number of nitrogens with one attached hydrogen (secondary N) is 3. The Morgan fingerprint density at radius 3 is 1.84 bits per heavy atom. The molecule has 0 rings (SSSR count). The first-order chi connectivity index (χ1) is 11.6. The molecule has 0 aromatic heterocycles. The molecule has 3 atom stereocenters. The Morgan fingerprint density at radius 2 is 1.40 bits per heavy atom. The van der Waals surface area contributed by atoms with Crippen LogP contribution >= 0.6 is 25.3 Å². The molecule has 0 aromatic rings. The predicted molar refractivity (Wildman–Crippen MR) is 94.0 cm³/mol. The second kappa shape index (κ2) is 11.5. The van der Waals surface area contributed by atoms with Gasteiger partial charge >= 0.3 is 5.97 Å². The third-order valence-corrected chi connectivity index (χ3v) is 3.53. The minimum atomic E-state index is -1.25. The third kappa shape index (κ3) is 9.16. The monoisotopic (exact) mass is 395 g/mol. The maximum atomic E-state index is 12.1. The lowest BCUT2D eigenvalue weighted by molar-refractivity contribution is -0.138. The molecule has 0 aliphatic carbocycles. The fourth-order valence-corrected chi connectivity index (χ4v) is 2.05. The number of carbonyl (C=O) groups is 5. The van der Waals surface area contributed by atoms with Crippen molar-refractivity contribution < 1.29 is 29.1 Å². The molecule has 25 heavy (non-hydrogen) atoms. The van der Waals surface area contributed by atoms with Crippen LogP contribution in [0.4, 0.5) is 0 Å². The summed E-state index contributed by atoms with van der Waals surface area (Å²) >= 11 is 7.85. The van der Waals surface area contributed by atoms with E-state index in [0.717, 1.165) is 0 Å². The number of primary amides is 1. The summed E-state index contributed by atoms with van der Waals surface area (Å²) < 4.78 is 0. The van der Waals surface area contributed by atoms with Gasteiger partial charge in [0.25, 0.3) is 0 Å². The highest BCUT2D eigenvalue weighted by molar-refractivity contribution is 7.80. The van der Waals surface area contributed by atoms with Gasteiger partial charge in [0, 0.05) is 11.5 Å². The molecule has 4 amide bonds. The van der Waals surface area contributed by atoms with Crippen molar-refractivity contribution >= 4 is 54.9 Å². The summed E-state index contributed by atoms with van der Waals surface area (Å²) in [7, 11) is 0. The topological polar surface area (TPSA) is 194 Å². The number of rotatable bonds is 11. The fraction of sp³-hybridized carbons (Fsp3) is 0.583. The van der Waals surface area contributed by atoms with Crippen LogP contribution in [0.3, 0.4) is 0 Å². The van der Waals surface area contributed by atoms with Crippen LogP contribution in [0.15, 0.2) is 0 Å². The SMILES string of the molecule is NC(=O)CC(N)C(=O)NC(CS)C(=O)NC(CS)C(=O)NCC(=O)O. The van der Waals surface area contributed by atoms with E-state index in [-0.39, 0.29) is 11.5 Å². The Labute approximate surface area is 154 Å². The van der Waals surface area contributed by atoms with E-state index in [1.807, 2.05) is 0 Å².